The molecule has 8 heteroatoms. The lowest BCUT2D eigenvalue weighted by Gasteiger charge is -2.33. The molecule has 3 heterocycles. The second-order valence-electron chi connectivity index (χ2n) is 10.1. The average Bonchev–Trinajstić information content (AvgIpc) is 3.30. The number of likely N-dealkylation sites (tertiary alicyclic amines) is 1. The van der Waals surface area contributed by atoms with E-state index in [9.17, 15) is 19.5 Å². The number of rotatable bonds is 10. The van der Waals surface area contributed by atoms with Crippen LogP contribution >= 0.6 is 0 Å². The summed E-state index contributed by atoms with van der Waals surface area (Å²) < 4.78 is 0. The van der Waals surface area contributed by atoms with Crippen molar-refractivity contribution in [2.45, 2.75) is 51.4 Å². The van der Waals surface area contributed by atoms with Crippen molar-refractivity contribution in [1.29, 1.82) is 0 Å². The molecule has 0 unspecified atom stereocenters. The Balaban J connectivity index is 1.23. The van der Waals surface area contributed by atoms with Gasteiger partial charge in [-0.25, -0.2) is 0 Å². The first-order chi connectivity index (χ1) is 17.0. The molecule has 2 fully saturated rings. The van der Waals surface area contributed by atoms with E-state index in [0.717, 1.165) is 61.7 Å². The maximum Gasteiger partial charge on any atom is 0.308 e. The number of amides is 2. The third-order valence-electron chi connectivity index (χ3n) is 7.68. The number of H-pyrrole nitrogens is 1. The predicted octanol–water partition coefficient (Wildman–Crippen LogP) is 2.94. The Morgan fingerprint density at radius 1 is 1.14 bits per heavy atom. The molecule has 0 spiro atoms. The van der Waals surface area contributed by atoms with Crippen LogP contribution in [-0.2, 0) is 20.8 Å². The molecule has 2 amide bonds. The van der Waals surface area contributed by atoms with Gasteiger partial charge in [0.25, 0.3) is 0 Å². The summed E-state index contributed by atoms with van der Waals surface area (Å²) in [5.74, 6) is -1.21. The third-order valence-corrected chi connectivity index (χ3v) is 7.68. The number of aromatic amines is 1. The number of nitrogens with zero attached hydrogens (tertiary/aromatic N) is 1. The molecule has 2 aliphatic heterocycles. The van der Waals surface area contributed by atoms with Crippen molar-refractivity contribution >= 4 is 28.7 Å². The van der Waals surface area contributed by atoms with Crippen LogP contribution in [0.25, 0.3) is 10.9 Å². The number of aryl methyl sites for hydroxylation is 1. The number of benzene rings is 1. The number of para-hydroxylation sites is 1. The van der Waals surface area contributed by atoms with Gasteiger partial charge in [0.05, 0.1) is 11.8 Å². The lowest BCUT2D eigenvalue weighted by Crippen LogP contribution is -2.46. The summed E-state index contributed by atoms with van der Waals surface area (Å²) >= 11 is 0. The van der Waals surface area contributed by atoms with Crippen LogP contribution in [0.5, 0.6) is 0 Å². The summed E-state index contributed by atoms with van der Waals surface area (Å²) in [4.78, 5) is 42.5. The largest absolute Gasteiger partial charge is 0.481 e. The quantitative estimate of drug-likeness (QED) is 0.416. The van der Waals surface area contributed by atoms with E-state index in [1.54, 1.807) is 0 Å². The lowest BCUT2D eigenvalue weighted by atomic mass is 9.92. The molecule has 0 saturated carbocycles. The van der Waals surface area contributed by atoms with Gasteiger partial charge in [-0.1, -0.05) is 18.2 Å². The molecule has 8 nitrogen and oxygen atoms in total. The molecule has 2 atom stereocenters. The van der Waals surface area contributed by atoms with Crippen LogP contribution in [0.3, 0.4) is 0 Å². The van der Waals surface area contributed by atoms with Gasteiger partial charge < -0.3 is 25.6 Å². The molecule has 2 aliphatic rings. The van der Waals surface area contributed by atoms with Gasteiger partial charge in [-0.15, -0.1) is 0 Å². The number of fused-ring (bicyclic) bond motifs is 1. The molecule has 0 aliphatic carbocycles. The fraction of sp³-hybridized carbons (Fsp3) is 0.593. The smallest absolute Gasteiger partial charge is 0.308 e. The van der Waals surface area contributed by atoms with E-state index in [2.05, 4.69) is 15.6 Å². The van der Waals surface area contributed by atoms with E-state index < -0.39 is 11.9 Å². The van der Waals surface area contributed by atoms with E-state index >= 15 is 0 Å². The standard InChI is InChI=1S/C27H38N4O4/c32-25(10-7-19-11-13-28-14-12-19)31-15-3-4-22(18-31)26(33)30-17-21(27(34)35)9-8-20-16-29-24-6-2-1-5-23(20)24/h1-2,5-6,16,19,21-22,28-29H,3-4,7-15,17-18H2,(H,30,33)(H,34,35)/t21-,22+/m0/s1. The summed E-state index contributed by atoms with van der Waals surface area (Å²) in [5.41, 5.74) is 2.12. The Bertz CT molecular complexity index is 1010. The van der Waals surface area contributed by atoms with E-state index in [1.807, 2.05) is 35.4 Å². The first kappa shape index (κ1) is 25.2. The zero-order valence-electron chi connectivity index (χ0n) is 20.4. The number of carboxylic acid groups (broad SMARTS) is 1. The molecule has 190 valence electrons. The Morgan fingerprint density at radius 3 is 2.74 bits per heavy atom. The predicted molar refractivity (Wildman–Crippen MR) is 135 cm³/mol. The van der Waals surface area contributed by atoms with E-state index in [0.29, 0.717) is 38.3 Å². The molecule has 1 aromatic carbocycles. The number of carboxylic acids is 1. The molecule has 1 aromatic heterocycles. The minimum atomic E-state index is -0.900. The summed E-state index contributed by atoms with van der Waals surface area (Å²) in [6.07, 6.45) is 8.27. The van der Waals surface area contributed by atoms with Gasteiger partial charge in [0.15, 0.2) is 0 Å². The number of hydrogen-bond acceptors (Lipinski definition) is 4. The Labute approximate surface area is 206 Å². The van der Waals surface area contributed by atoms with Crippen molar-refractivity contribution in [1.82, 2.24) is 20.5 Å². The van der Waals surface area contributed by atoms with Gasteiger partial charge in [-0.2, -0.15) is 0 Å². The van der Waals surface area contributed by atoms with Crippen LogP contribution in [0.4, 0.5) is 0 Å². The maximum atomic E-state index is 12.9. The number of piperidine rings is 2. The fourth-order valence-electron chi connectivity index (χ4n) is 5.42. The highest BCUT2D eigenvalue weighted by Crippen LogP contribution is 2.23. The van der Waals surface area contributed by atoms with Gasteiger partial charge in [0.2, 0.25) is 11.8 Å². The number of carbonyl (C=O) groups is 3. The van der Waals surface area contributed by atoms with Crippen molar-refractivity contribution in [3.8, 4) is 0 Å². The van der Waals surface area contributed by atoms with Crippen LogP contribution in [0, 0.1) is 17.8 Å². The monoisotopic (exact) mass is 482 g/mol. The van der Waals surface area contributed by atoms with Crippen LogP contribution in [0.2, 0.25) is 0 Å². The van der Waals surface area contributed by atoms with Crippen molar-refractivity contribution in [2.24, 2.45) is 17.8 Å². The number of hydrogen-bond donors (Lipinski definition) is 4. The van der Waals surface area contributed by atoms with Gasteiger partial charge >= 0.3 is 5.97 Å². The number of aromatic nitrogens is 1. The first-order valence-electron chi connectivity index (χ1n) is 13.0. The minimum absolute atomic E-state index is 0.108. The van der Waals surface area contributed by atoms with Gasteiger partial charge in [-0.3, -0.25) is 14.4 Å². The normalized spacial score (nSPS) is 20.0. The molecular weight excluding hydrogens is 444 g/mol. The minimum Gasteiger partial charge on any atom is -0.481 e. The van der Waals surface area contributed by atoms with Gasteiger partial charge in [0, 0.05) is 43.2 Å². The van der Waals surface area contributed by atoms with Crippen LogP contribution in [0.1, 0.15) is 50.5 Å². The van der Waals surface area contributed by atoms with E-state index in [-0.39, 0.29) is 24.3 Å². The summed E-state index contributed by atoms with van der Waals surface area (Å²) in [6, 6.07) is 7.97. The second kappa shape index (κ2) is 12.2. The van der Waals surface area contributed by atoms with Crippen molar-refractivity contribution in [3.05, 3.63) is 36.0 Å². The number of carbonyl (C=O) groups excluding carboxylic acids is 2. The van der Waals surface area contributed by atoms with Crippen molar-refractivity contribution in [3.63, 3.8) is 0 Å². The average molecular weight is 483 g/mol. The number of aliphatic carboxylic acids is 1. The zero-order chi connectivity index (χ0) is 24.6. The molecule has 4 N–H and O–H groups in total. The molecule has 2 aromatic rings. The third kappa shape index (κ3) is 6.84. The molecule has 0 radical (unpaired) electrons. The molecule has 0 bridgehead atoms. The van der Waals surface area contributed by atoms with E-state index in [1.165, 1.54) is 0 Å². The molecule has 35 heavy (non-hydrogen) atoms. The Morgan fingerprint density at radius 2 is 1.94 bits per heavy atom. The van der Waals surface area contributed by atoms with Gasteiger partial charge in [-0.05, 0) is 75.6 Å². The van der Waals surface area contributed by atoms with Crippen molar-refractivity contribution < 1.29 is 19.5 Å². The fourth-order valence-corrected chi connectivity index (χ4v) is 5.42. The second-order valence-corrected chi connectivity index (χ2v) is 10.1. The zero-order valence-corrected chi connectivity index (χ0v) is 20.4. The highest BCUT2D eigenvalue weighted by Gasteiger charge is 2.29. The van der Waals surface area contributed by atoms with Crippen LogP contribution in [-0.4, -0.2) is 65.5 Å². The summed E-state index contributed by atoms with van der Waals surface area (Å²) in [5, 5.41) is 17.0. The SMILES string of the molecule is O=C(O)[C@@H](CCc1c[nH]c2ccccc12)CNC(=O)[C@@H]1CCCN(C(=O)CCC2CCNCC2)C1. The first-order valence-corrected chi connectivity index (χ1v) is 13.0. The highest BCUT2D eigenvalue weighted by atomic mass is 16.4. The highest BCUT2D eigenvalue weighted by molar-refractivity contribution is 5.83. The van der Waals surface area contributed by atoms with Gasteiger partial charge in [0.1, 0.15) is 0 Å². The summed E-state index contributed by atoms with van der Waals surface area (Å²) in [7, 11) is 0. The van der Waals surface area contributed by atoms with E-state index in [4.69, 9.17) is 0 Å². The van der Waals surface area contributed by atoms with Crippen molar-refractivity contribution in [2.75, 3.05) is 32.7 Å². The molecule has 2 saturated heterocycles. The lowest BCUT2D eigenvalue weighted by molar-refractivity contribution is -0.142. The topological polar surface area (TPSA) is 115 Å². The number of nitrogens with one attached hydrogen (secondary N) is 3. The van der Waals surface area contributed by atoms with Crippen LogP contribution in [0.15, 0.2) is 30.5 Å². The summed E-state index contributed by atoms with van der Waals surface area (Å²) in [6.45, 7) is 3.31. The molecular formula is C27H38N4O4. The Kier molecular flexibility index (Phi) is 8.79. The Hall–Kier alpha value is -2.87. The van der Waals surface area contributed by atoms with Crippen LogP contribution < -0.4 is 10.6 Å². The molecule has 4 rings (SSSR count). The maximum absolute atomic E-state index is 12.9.